The smallest absolute Gasteiger partial charge is 0.240 e. The van der Waals surface area contributed by atoms with Gasteiger partial charge in [0, 0.05) is 50.7 Å². The Hall–Kier alpha value is -1.18. The summed E-state index contributed by atoms with van der Waals surface area (Å²) in [6.07, 6.45) is 6.67. The van der Waals surface area contributed by atoms with Gasteiger partial charge in [0.2, 0.25) is 5.91 Å². The fourth-order valence-corrected chi connectivity index (χ4v) is 4.16. The first kappa shape index (κ1) is 17.6. The number of piperidine rings is 1. The van der Waals surface area contributed by atoms with Crippen molar-refractivity contribution >= 4 is 17.7 Å². The third-order valence-corrected chi connectivity index (χ3v) is 5.91. The molecule has 3 heterocycles. The van der Waals surface area contributed by atoms with Gasteiger partial charge in [-0.15, -0.1) is 0 Å². The lowest BCUT2D eigenvalue weighted by Crippen LogP contribution is -2.60. The number of amides is 1. The van der Waals surface area contributed by atoms with Gasteiger partial charge >= 0.3 is 0 Å². The predicted octanol–water partition coefficient (Wildman–Crippen LogP) is 1.37. The third-order valence-electron chi connectivity index (χ3n) is 5.15. The van der Waals surface area contributed by atoms with Crippen molar-refractivity contribution in [3.63, 3.8) is 0 Å². The molecular weight excluding hydrogens is 322 g/mol. The molecule has 24 heavy (non-hydrogen) atoms. The monoisotopic (exact) mass is 349 g/mol. The second-order valence-corrected chi connectivity index (χ2v) is 7.88. The Morgan fingerprint density at radius 3 is 2.62 bits per heavy atom. The lowest BCUT2D eigenvalue weighted by Gasteiger charge is -2.45. The molecule has 2 fully saturated rings. The van der Waals surface area contributed by atoms with Crippen molar-refractivity contribution in [1.29, 1.82) is 0 Å². The zero-order valence-corrected chi connectivity index (χ0v) is 15.4. The van der Waals surface area contributed by atoms with E-state index >= 15 is 0 Å². The van der Waals surface area contributed by atoms with Gasteiger partial charge in [-0.2, -0.15) is 0 Å². The summed E-state index contributed by atoms with van der Waals surface area (Å²) in [4.78, 5) is 26.1. The van der Waals surface area contributed by atoms with Crippen LogP contribution < -0.4 is 5.32 Å². The lowest BCUT2D eigenvalue weighted by molar-refractivity contribution is -0.134. The minimum atomic E-state index is -0.314. The summed E-state index contributed by atoms with van der Waals surface area (Å²) in [5.41, 5.74) is 0.829. The molecule has 2 aliphatic heterocycles. The van der Waals surface area contributed by atoms with Crippen LogP contribution in [0.4, 0.5) is 0 Å². The summed E-state index contributed by atoms with van der Waals surface area (Å²) in [7, 11) is 2.10. The van der Waals surface area contributed by atoms with Gasteiger partial charge < -0.3 is 5.32 Å². The van der Waals surface area contributed by atoms with Crippen molar-refractivity contribution in [3.05, 3.63) is 18.0 Å². The number of thioether (sulfide) groups is 1. The van der Waals surface area contributed by atoms with Crippen molar-refractivity contribution in [2.75, 3.05) is 39.0 Å². The Labute approximate surface area is 148 Å². The van der Waals surface area contributed by atoms with Crippen LogP contribution in [0.2, 0.25) is 0 Å². The highest BCUT2D eigenvalue weighted by atomic mass is 32.2. The van der Waals surface area contributed by atoms with Crippen LogP contribution in [0.3, 0.4) is 0 Å². The van der Waals surface area contributed by atoms with E-state index in [1.807, 2.05) is 12.4 Å². The van der Waals surface area contributed by atoms with Crippen LogP contribution >= 0.6 is 11.8 Å². The molecule has 6 nitrogen and oxygen atoms in total. The highest BCUT2D eigenvalue weighted by Gasteiger charge is 2.45. The Bertz CT molecular complexity index is 557. The number of carbonyl (C=O) groups is 1. The van der Waals surface area contributed by atoms with Gasteiger partial charge in [0.05, 0.1) is 0 Å². The summed E-state index contributed by atoms with van der Waals surface area (Å²) in [5.74, 6) is 1.20. The normalized spacial score (nSPS) is 22.3. The molecule has 7 heteroatoms. The van der Waals surface area contributed by atoms with E-state index < -0.39 is 0 Å². The molecule has 2 aliphatic rings. The van der Waals surface area contributed by atoms with Crippen molar-refractivity contribution < 1.29 is 4.79 Å². The molecule has 1 amide bonds. The van der Waals surface area contributed by atoms with Crippen LogP contribution in [0.15, 0.2) is 17.6 Å². The summed E-state index contributed by atoms with van der Waals surface area (Å²) >= 11 is 1.66. The van der Waals surface area contributed by atoms with E-state index in [1.165, 1.54) is 0 Å². The number of nitrogens with zero attached hydrogens (tertiary/aromatic N) is 4. The predicted molar refractivity (Wildman–Crippen MR) is 95.9 cm³/mol. The quantitative estimate of drug-likeness (QED) is 0.654. The molecule has 0 aromatic carbocycles. The second-order valence-electron chi connectivity index (χ2n) is 6.65. The van der Waals surface area contributed by atoms with E-state index in [0.717, 1.165) is 68.5 Å². The fourth-order valence-electron chi connectivity index (χ4n) is 3.65. The van der Waals surface area contributed by atoms with Crippen molar-refractivity contribution in [2.45, 2.75) is 43.4 Å². The van der Waals surface area contributed by atoms with Gasteiger partial charge in [-0.25, -0.2) is 9.97 Å². The Kier molecular flexibility index (Phi) is 5.73. The summed E-state index contributed by atoms with van der Waals surface area (Å²) < 4.78 is 0. The van der Waals surface area contributed by atoms with Gasteiger partial charge in [-0.3, -0.25) is 14.6 Å². The number of rotatable bonds is 4. The number of hydrogen-bond acceptors (Lipinski definition) is 6. The van der Waals surface area contributed by atoms with E-state index in [2.05, 4.69) is 39.1 Å². The van der Waals surface area contributed by atoms with Crippen LogP contribution in [-0.2, 0) is 11.3 Å². The molecule has 3 rings (SSSR count). The zero-order valence-electron chi connectivity index (χ0n) is 14.6. The van der Waals surface area contributed by atoms with Crippen molar-refractivity contribution in [1.82, 2.24) is 25.1 Å². The minimum Gasteiger partial charge on any atom is -0.354 e. The van der Waals surface area contributed by atoms with Crippen molar-refractivity contribution in [3.8, 4) is 0 Å². The minimum absolute atomic E-state index is 0.214. The second kappa shape index (κ2) is 7.80. The van der Waals surface area contributed by atoms with E-state index in [0.29, 0.717) is 0 Å². The van der Waals surface area contributed by atoms with Crippen LogP contribution in [0.5, 0.6) is 0 Å². The van der Waals surface area contributed by atoms with Gasteiger partial charge in [0.15, 0.2) is 5.16 Å². The number of likely N-dealkylation sites (N-methyl/N-ethyl adjacent to an activating group) is 1. The van der Waals surface area contributed by atoms with Crippen LogP contribution in [0.1, 0.15) is 31.7 Å². The van der Waals surface area contributed by atoms with E-state index in [9.17, 15) is 4.79 Å². The standard InChI is InChI=1S/C17H27N5OS/c1-3-24-16-19-11-14(12-20-16)13-22-9-5-17(6-10-22)15(23)18-7-4-8-21(17)2/h11-12H,3-10,13H2,1-2H3,(H,18,23). The molecule has 0 bridgehead atoms. The number of hydrogen-bond donors (Lipinski definition) is 1. The summed E-state index contributed by atoms with van der Waals surface area (Å²) in [6, 6.07) is 0. The molecule has 1 aromatic rings. The Morgan fingerprint density at radius 1 is 1.25 bits per heavy atom. The SMILES string of the molecule is CCSc1ncc(CN2CCC3(CC2)C(=O)NCCCN3C)cn1. The third kappa shape index (κ3) is 3.73. The number of carbonyl (C=O) groups excluding carboxylic acids is 1. The largest absolute Gasteiger partial charge is 0.354 e. The Morgan fingerprint density at radius 2 is 1.96 bits per heavy atom. The van der Waals surface area contributed by atoms with Crippen LogP contribution in [-0.4, -0.2) is 70.2 Å². The van der Waals surface area contributed by atoms with E-state index in [4.69, 9.17) is 0 Å². The maximum atomic E-state index is 12.6. The van der Waals surface area contributed by atoms with Crippen LogP contribution in [0, 0.1) is 0 Å². The highest BCUT2D eigenvalue weighted by Crippen LogP contribution is 2.30. The zero-order chi connectivity index (χ0) is 17.0. The molecule has 1 aromatic heterocycles. The lowest BCUT2D eigenvalue weighted by atomic mass is 9.85. The molecule has 132 valence electrons. The molecule has 1 N–H and O–H groups in total. The first-order valence-corrected chi connectivity index (χ1v) is 9.78. The van der Waals surface area contributed by atoms with Crippen LogP contribution in [0.25, 0.3) is 0 Å². The first-order valence-electron chi connectivity index (χ1n) is 8.79. The molecule has 0 atom stereocenters. The number of aromatic nitrogens is 2. The molecule has 0 aliphatic carbocycles. The van der Waals surface area contributed by atoms with Gasteiger partial charge in [0.1, 0.15) is 5.54 Å². The molecule has 2 saturated heterocycles. The van der Waals surface area contributed by atoms with E-state index in [-0.39, 0.29) is 11.4 Å². The van der Waals surface area contributed by atoms with Gasteiger partial charge in [0.25, 0.3) is 0 Å². The summed E-state index contributed by atoms with van der Waals surface area (Å²) in [6.45, 7) is 6.62. The maximum Gasteiger partial charge on any atom is 0.240 e. The van der Waals surface area contributed by atoms with Gasteiger partial charge in [-0.05, 0) is 32.1 Å². The molecule has 0 radical (unpaired) electrons. The molecular formula is C17H27N5OS. The molecule has 0 unspecified atom stereocenters. The highest BCUT2D eigenvalue weighted by molar-refractivity contribution is 7.99. The first-order chi connectivity index (χ1) is 11.6. The fraction of sp³-hybridized carbons (Fsp3) is 0.706. The maximum absolute atomic E-state index is 12.6. The van der Waals surface area contributed by atoms with Gasteiger partial charge in [-0.1, -0.05) is 18.7 Å². The van der Waals surface area contributed by atoms with Crippen molar-refractivity contribution in [2.24, 2.45) is 0 Å². The number of likely N-dealkylation sites (tertiary alicyclic amines) is 1. The molecule has 1 spiro atoms. The average Bonchev–Trinajstić information content (AvgIpc) is 2.73. The average molecular weight is 350 g/mol. The Balaban J connectivity index is 1.59. The summed E-state index contributed by atoms with van der Waals surface area (Å²) in [5, 5.41) is 3.94. The topological polar surface area (TPSA) is 61.4 Å². The van der Waals surface area contributed by atoms with E-state index in [1.54, 1.807) is 11.8 Å². The molecule has 0 saturated carbocycles. The number of nitrogens with one attached hydrogen (secondary N) is 1.